The fourth-order valence-corrected chi connectivity index (χ4v) is 0. The maximum Gasteiger partial charge on any atom is 2.00 e. The van der Waals surface area contributed by atoms with E-state index < -0.39 is 7.82 Å². The van der Waals surface area contributed by atoms with Crippen LogP contribution in [0.3, 0.4) is 0 Å². The van der Waals surface area contributed by atoms with E-state index in [1.165, 1.54) is 0 Å². The third-order valence-corrected chi connectivity index (χ3v) is 0. The summed E-state index contributed by atoms with van der Waals surface area (Å²) in [7, 11) is -4.64. The first-order valence-electron chi connectivity index (χ1n) is 0.783. The SMILES string of the molecule is O=P(O)(O)O.[Cr+2].[NH2-].[NH2-]. The van der Waals surface area contributed by atoms with Crippen LogP contribution < -0.4 is 0 Å². The van der Waals surface area contributed by atoms with Gasteiger partial charge in [-0.25, -0.2) is 4.57 Å². The van der Waals surface area contributed by atoms with Gasteiger partial charge in [0.1, 0.15) is 0 Å². The molecule has 7 N–H and O–H groups in total. The van der Waals surface area contributed by atoms with Crippen molar-refractivity contribution in [2.24, 2.45) is 0 Å². The molecule has 0 saturated heterocycles. The van der Waals surface area contributed by atoms with Crippen LogP contribution in [0.25, 0.3) is 12.3 Å². The molecule has 0 heterocycles. The van der Waals surface area contributed by atoms with Crippen molar-refractivity contribution in [1.29, 1.82) is 0 Å². The van der Waals surface area contributed by atoms with Crippen molar-refractivity contribution in [2.75, 3.05) is 0 Å². The predicted octanol–water partition coefficient (Wildman–Crippen LogP) is 0.503. The topological polar surface area (TPSA) is 145 Å². The Morgan fingerprint density at radius 1 is 1.00 bits per heavy atom. The third kappa shape index (κ3) is 642. The molecule has 52 valence electrons. The molecule has 0 aliphatic rings. The summed E-state index contributed by atoms with van der Waals surface area (Å²) in [5.74, 6) is 0. The summed E-state index contributed by atoms with van der Waals surface area (Å²) < 4.78 is 8.88. The smallest absolute Gasteiger partial charge is 0.693 e. The Morgan fingerprint density at radius 2 is 1.00 bits per heavy atom. The van der Waals surface area contributed by atoms with Crippen molar-refractivity contribution in [3.63, 3.8) is 0 Å². The molecule has 0 atom stereocenters. The standard InChI is InChI=1S/Cr.2H2N.H3O4P/c;;;1-5(2,3)4/h;2*1H2;(H3,1,2,3,4)/q+2;2*-1;. The summed E-state index contributed by atoms with van der Waals surface area (Å²) in [6, 6.07) is 0. The van der Waals surface area contributed by atoms with E-state index in [-0.39, 0.29) is 29.7 Å². The van der Waals surface area contributed by atoms with Crippen LogP contribution in [0, 0.1) is 0 Å². The zero-order chi connectivity index (χ0) is 4.50. The summed E-state index contributed by atoms with van der Waals surface area (Å²) in [6.07, 6.45) is 0. The Labute approximate surface area is 57.5 Å². The van der Waals surface area contributed by atoms with Gasteiger partial charge in [-0.05, 0) is 0 Å². The second kappa shape index (κ2) is 7.56. The molecular formula is H7CrN2O4P. The summed E-state index contributed by atoms with van der Waals surface area (Å²) >= 11 is 0. The molecular weight excluding hydrogens is 175 g/mol. The predicted molar refractivity (Wildman–Crippen MR) is 24.8 cm³/mol. The first kappa shape index (κ1) is 23.5. The molecule has 0 amide bonds. The third-order valence-electron chi connectivity index (χ3n) is 0. The van der Waals surface area contributed by atoms with Crippen molar-refractivity contribution in [3.8, 4) is 0 Å². The van der Waals surface area contributed by atoms with Gasteiger partial charge in [-0.1, -0.05) is 0 Å². The molecule has 8 heteroatoms. The van der Waals surface area contributed by atoms with Gasteiger partial charge in [-0.2, -0.15) is 0 Å². The van der Waals surface area contributed by atoms with Gasteiger partial charge in [-0.3, -0.25) is 0 Å². The van der Waals surface area contributed by atoms with E-state index in [0.29, 0.717) is 0 Å². The van der Waals surface area contributed by atoms with Crippen LogP contribution in [0.5, 0.6) is 0 Å². The van der Waals surface area contributed by atoms with Crippen LogP contribution in [0.2, 0.25) is 0 Å². The van der Waals surface area contributed by atoms with Gasteiger partial charge >= 0.3 is 25.2 Å². The molecule has 0 aliphatic heterocycles. The minimum absolute atomic E-state index is 0. The van der Waals surface area contributed by atoms with E-state index in [4.69, 9.17) is 19.2 Å². The zero-order valence-electron chi connectivity index (χ0n) is 3.76. The molecule has 0 fully saturated rings. The van der Waals surface area contributed by atoms with Crippen LogP contribution in [0.4, 0.5) is 0 Å². The Morgan fingerprint density at radius 3 is 1.00 bits per heavy atom. The molecule has 0 radical (unpaired) electrons. The number of rotatable bonds is 0. The van der Waals surface area contributed by atoms with Crippen LogP contribution >= 0.6 is 7.82 Å². The van der Waals surface area contributed by atoms with Crippen molar-refractivity contribution < 1.29 is 36.6 Å². The average Bonchev–Trinajstić information content (AvgIpc) is 0.722. The maximum atomic E-state index is 8.88. The van der Waals surface area contributed by atoms with Crippen molar-refractivity contribution in [1.82, 2.24) is 0 Å². The van der Waals surface area contributed by atoms with Crippen molar-refractivity contribution in [2.45, 2.75) is 0 Å². The maximum absolute atomic E-state index is 8.88. The van der Waals surface area contributed by atoms with Gasteiger partial charge in [-0.15, -0.1) is 0 Å². The van der Waals surface area contributed by atoms with E-state index in [2.05, 4.69) is 0 Å². The van der Waals surface area contributed by atoms with Crippen LogP contribution in [0.1, 0.15) is 0 Å². The summed E-state index contributed by atoms with van der Waals surface area (Å²) in [6.45, 7) is 0. The fraction of sp³-hybridized carbons (Fsp3) is 0. The second-order valence-electron chi connectivity index (χ2n) is 0.513. The van der Waals surface area contributed by atoms with Crippen LogP contribution in [0.15, 0.2) is 0 Å². The largest absolute Gasteiger partial charge is 2.00 e. The molecule has 0 saturated carbocycles. The Hall–Kier alpha value is 0.562. The molecule has 0 aromatic rings. The molecule has 0 aromatic heterocycles. The molecule has 0 spiro atoms. The van der Waals surface area contributed by atoms with Gasteiger partial charge in [0, 0.05) is 0 Å². The normalized spacial score (nSPS) is 7.38. The van der Waals surface area contributed by atoms with Crippen molar-refractivity contribution >= 4 is 7.82 Å². The Bertz CT molecular complexity index is 60.2. The first-order valence-corrected chi connectivity index (χ1v) is 2.35. The van der Waals surface area contributed by atoms with E-state index in [1.54, 1.807) is 0 Å². The van der Waals surface area contributed by atoms with Gasteiger partial charge in [0.25, 0.3) is 0 Å². The minimum Gasteiger partial charge on any atom is -0.693 e. The van der Waals surface area contributed by atoms with Gasteiger partial charge in [0.2, 0.25) is 0 Å². The van der Waals surface area contributed by atoms with Gasteiger partial charge in [0.05, 0.1) is 0 Å². The minimum atomic E-state index is -4.64. The zero-order valence-corrected chi connectivity index (χ0v) is 5.93. The number of phosphoric acid groups is 1. The molecule has 0 aromatic carbocycles. The quantitative estimate of drug-likeness (QED) is 0.468. The van der Waals surface area contributed by atoms with E-state index in [0.717, 1.165) is 0 Å². The van der Waals surface area contributed by atoms with Crippen LogP contribution in [-0.4, -0.2) is 14.7 Å². The van der Waals surface area contributed by atoms with Crippen molar-refractivity contribution in [3.05, 3.63) is 12.3 Å². The molecule has 0 bridgehead atoms. The second-order valence-corrected chi connectivity index (χ2v) is 1.54. The number of hydrogen-bond donors (Lipinski definition) is 3. The summed E-state index contributed by atoms with van der Waals surface area (Å²) in [4.78, 5) is 21.6. The number of nitrogens with two attached hydrogens (primary N) is 2. The summed E-state index contributed by atoms with van der Waals surface area (Å²) in [5.41, 5.74) is 0. The molecule has 8 heavy (non-hydrogen) atoms. The molecule has 0 unspecified atom stereocenters. The molecule has 0 rings (SSSR count). The number of hydrogen-bond acceptors (Lipinski definition) is 1. The van der Waals surface area contributed by atoms with E-state index in [1.807, 2.05) is 0 Å². The first-order chi connectivity index (χ1) is 2.00. The molecule has 0 aliphatic carbocycles. The monoisotopic (exact) mass is 182 g/mol. The Kier molecular flexibility index (Phi) is 22.2. The molecule has 6 nitrogen and oxygen atoms in total. The van der Waals surface area contributed by atoms with E-state index >= 15 is 0 Å². The average molecular weight is 182 g/mol. The fourth-order valence-electron chi connectivity index (χ4n) is 0. The van der Waals surface area contributed by atoms with E-state index in [9.17, 15) is 0 Å². The van der Waals surface area contributed by atoms with Crippen LogP contribution in [-0.2, 0) is 21.9 Å². The Balaban J connectivity index is -0.0000000267. The van der Waals surface area contributed by atoms with Gasteiger partial charge in [0.15, 0.2) is 0 Å². The van der Waals surface area contributed by atoms with Gasteiger partial charge < -0.3 is 27.0 Å². The summed E-state index contributed by atoms with van der Waals surface area (Å²) in [5, 5.41) is 0.